The van der Waals surface area contributed by atoms with E-state index < -0.39 is 10.0 Å². The van der Waals surface area contributed by atoms with Gasteiger partial charge in [0.05, 0.1) is 6.26 Å². The van der Waals surface area contributed by atoms with Crippen LogP contribution in [0.4, 0.5) is 0 Å². The maximum Gasteiger partial charge on any atom is 0.252 e. The van der Waals surface area contributed by atoms with Gasteiger partial charge >= 0.3 is 0 Å². The van der Waals surface area contributed by atoms with E-state index in [1.54, 1.807) is 7.11 Å². The van der Waals surface area contributed by atoms with E-state index in [1.165, 1.54) is 10.6 Å². The molecule has 0 bridgehead atoms. The summed E-state index contributed by atoms with van der Waals surface area (Å²) in [4.78, 5) is 4.12. The number of aromatic nitrogens is 2. The number of methoxy groups -OCH3 is 1. The Bertz CT molecular complexity index is 511. The Hall–Kier alpha value is -1.03. The summed E-state index contributed by atoms with van der Waals surface area (Å²) in [5.74, 6) is 0.890. The molecule has 0 aliphatic carbocycles. The van der Waals surface area contributed by atoms with E-state index in [0.29, 0.717) is 37.8 Å². The van der Waals surface area contributed by atoms with Gasteiger partial charge < -0.3 is 14.6 Å². The molecule has 1 fully saturated rings. The number of rotatable bonds is 7. The number of hydrogen-bond acceptors (Lipinski definition) is 7. The number of nitrogens with zero attached hydrogens (tertiary/aromatic N) is 3. The molecule has 1 saturated heterocycles. The number of ether oxygens (including phenoxy) is 1. The summed E-state index contributed by atoms with van der Waals surface area (Å²) in [6.45, 7) is 1.99. The molecule has 0 aromatic carbocycles. The van der Waals surface area contributed by atoms with Crippen molar-refractivity contribution in [3.05, 3.63) is 11.7 Å². The number of hydrogen-bond donors (Lipinski definition) is 1. The van der Waals surface area contributed by atoms with Gasteiger partial charge in [0, 0.05) is 39.2 Å². The first kappa shape index (κ1) is 14.4. The van der Waals surface area contributed by atoms with Crippen molar-refractivity contribution < 1.29 is 17.7 Å². The third kappa shape index (κ3) is 3.72. The molecule has 1 aromatic rings. The van der Waals surface area contributed by atoms with Crippen LogP contribution in [0.15, 0.2) is 4.52 Å². The lowest BCUT2D eigenvalue weighted by atomic mass is 10.2. The van der Waals surface area contributed by atoms with Gasteiger partial charge in [-0.3, -0.25) is 0 Å². The second kappa shape index (κ2) is 5.95. The molecule has 2 rings (SSSR count). The Morgan fingerprint density at radius 3 is 2.79 bits per heavy atom. The van der Waals surface area contributed by atoms with Crippen LogP contribution in [0.25, 0.3) is 0 Å². The van der Waals surface area contributed by atoms with Crippen LogP contribution < -0.4 is 5.32 Å². The van der Waals surface area contributed by atoms with Crippen LogP contribution in [0.3, 0.4) is 0 Å². The molecule has 0 radical (unpaired) electrons. The van der Waals surface area contributed by atoms with Crippen molar-refractivity contribution in [1.82, 2.24) is 19.8 Å². The molecule has 1 aliphatic heterocycles. The Morgan fingerprint density at radius 1 is 1.53 bits per heavy atom. The minimum absolute atomic E-state index is 0.0281. The van der Waals surface area contributed by atoms with Crippen molar-refractivity contribution in [1.29, 1.82) is 0 Å². The van der Waals surface area contributed by atoms with E-state index in [1.807, 2.05) is 0 Å². The molecule has 9 heteroatoms. The highest BCUT2D eigenvalue weighted by Gasteiger charge is 2.31. The summed E-state index contributed by atoms with van der Waals surface area (Å²) in [5, 5.41) is 6.85. The minimum Gasteiger partial charge on any atom is -0.375 e. The van der Waals surface area contributed by atoms with Gasteiger partial charge in [-0.1, -0.05) is 5.16 Å². The third-order valence-corrected chi connectivity index (χ3v) is 4.26. The number of nitrogens with one attached hydrogen (secondary N) is 1. The molecule has 1 aromatic heterocycles. The molecule has 0 spiro atoms. The Morgan fingerprint density at radius 2 is 2.26 bits per heavy atom. The molecule has 1 N–H and O–H groups in total. The zero-order valence-electron chi connectivity index (χ0n) is 11.0. The van der Waals surface area contributed by atoms with Gasteiger partial charge in [-0.2, -0.15) is 9.29 Å². The van der Waals surface area contributed by atoms with Crippen molar-refractivity contribution >= 4 is 10.0 Å². The summed E-state index contributed by atoms with van der Waals surface area (Å²) in [6.07, 6.45) is 1.65. The van der Waals surface area contributed by atoms with Crippen LogP contribution in [0, 0.1) is 0 Å². The zero-order chi connectivity index (χ0) is 13.9. The highest BCUT2D eigenvalue weighted by atomic mass is 32.2. The minimum atomic E-state index is -3.22. The Labute approximate surface area is 112 Å². The normalized spacial score (nSPS) is 16.8. The largest absolute Gasteiger partial charge is 0.375 e. The Kier molecular flexibility index (Phi) is 4.50. The highest BCUT2D eigenvalue weighted by molar-refractivity contribution is 7.88. The second-order valence-electron chi connectivity index (χ2n) is 4.47. The van der Waals surface area contributed by atoms with E-state index in [9.17, 15) is 8.42 Å². The predicted molar refractivity (Wildman–Crippen MR) is 66.9 cm³/mol. The summed E-state index contributed by atoms with van der Waals surface area (Å²) in [5.41, 5.74) is 0. The van der Waals surface area contributed by atoms with Crippen LogP contribution in [-0.4, -0.2) is 61.9 Å². The van der Waals surface area contributed by atoms with Gasteiger partial charge in [-0.15, -0.1) is 0 Å². The predicted octanol–water partition coefficient (Wildman–Crippen LogP) is -1.01. The topological polar surface area (TPSA) is 97.6 Å². The molecule has 19 heavy (non-hydrogen) atoms. The van der Waals surface area contributed by atoms with Crippen molar-refractivity contribution in [2.24, 2.45) is 0 Å². The third-order valence-electron chi connectivity index (χ3n) is 2.93. The maximum absolute atomic E-state index is 11.7. The second-order valence-corrected chi connectivity index (χ2v) is 6.41. The molecule has 0 amide bonds. The molecule has 0 unspecified atom stereocenters. The molecule has 0 saturated carbocycles. The van der Waals surface area contributed by atoms with Crippen molar-refractivity contribution in [2.75, 3.05) is 33.0 Å². The van der Waals surface area contributed by atoms with E-state index in [4.69, 9.17) is 9.26 Å². The van der Waals surface area contributed by atoms with E-state index in [2.05, 4.69) is 15.5 Å². The maximum atomic E-state index is 11.7. The summed E-state index contributed by atoms with van der Waals surface area (Å²) < 4.78 is 34.7. The summed E-state index contributed by atoms with van der Waals surface area (Å²) >= 11 is 0. The lowest BCUT2D eigenvalue weighted by molar-refractivity contribution is 0.151. The monoisotopic (exact) mass is 290 g/mol. The van der Waals surface area contributed by atoms with Gasteiger partial charge in [0.15, 0.2) is 5.82 Å². The lowest BCUT2D eigenvalue weighted by Crippen LogP contribution is -2.59. The van der Waals surface area contributed by atoms with Crippen molar-refractivity contribution in [3.63, 3.8) is 0 Å². The first-order valence-corrected chi connectivity index (χ1v) is 7.83. The lowest BCUT2D eigenvalue weighted by Gasteiger charge is -2.36. The quantitative estimate of drug-likeness (QED) is 0.687. The molecule has 1 aliphatic rings. The van der Waals surface area contributed by atoms with E-state index in [-0.39, 0.29) is 12.6 Å². The van der Waals surface area contributed by atoms with Crippen LogP contribution in [-0.2, 0) is 27.8 Å². The molecular weight excluding hydrogens is 272 g/mol. The van der Waals surface area contributed by atoms with Crippen LogP contribution >= 0.6 is 0 Å². The van der Waals surface area contributed by atoms with Gasteiger partial charge in [0.25, 0.3) is 5.89 Å². The molecule has 2 heterocycles. The Balaban J connectivity index is 1.94. The molecule has 108 valence electrons. The zero-order valence-corrected chi connectivity index (χ0v) is 11.8. The van der Waals surface area contributed by atoms with Crippen LogP contribution in [0.2, 0.25) is 0 Å². The average Bonchev–Trinajstić information content (AvgIpc) is 2.68. The summed E-state index contributed by atoms with van der Waals surface area (Å²) in [7, 11) is -1.68. The number of sulfonamides is 1. The van der Waals surface area contributed by atoms with E-state index in [0.717, 1.165) is 0 Å². The molecule has 0 atom stereocenters. The smallest absolute Gasteiger partial charge is 0.252 e. The summed E-state index contributed by atoms with van der Waals surface area (Å²) in [6, 6.07) is 0.0281. The fourth-order valence-corrected chi connectivity index (χ4v) is 2.99. The molecule has 8 nitrogen and oxygen atoms in total. The van der Waals surface area contributed by atoms with Gasteiger partial charge in [-0.25, -0.2) is 8.42 Å². The standard InChI is InChI=1S/C10H18N4O4S/c1-17-7-10-12-9(13-18-10)3-4-14(19(2,15)16)8-5-11-6-8/h8,11H,3-7H2,1-2H3. The van der Waals surface area contributed by atoms with Gasteiger partial charge in [0.2, 0.25) is 10.0 Å². The fraction of sp³-hybridized carbons (Fsp3) is 0.800. The average molecular weight is 290 g/mol. The van der Waals surface area contributed by atoms with Crippen LogP contribution in [0.5, 0.6) is 0 Å². The van der Waals surface area contributed by atoms with Crippen molar-refractivity contribution in [3.8, 4) is 0 Å². The molecular formula is C10H18N4O4S. The first-order chi connectivity index (χ1) is 9.00. The van der Waals surface area contributed by atoms with Gasteiger partial charge in [0.1, 0.15) is 6.61 Å². The van der Waals surface area contributed by atoms with Crippen molar-refractivity contribution in [2.45, 2.75) is 19.1 Å². The van der Waals surface area contributed by atoms with E-state index >= 15 is 0 Å². The highest BCUT2D eigenvalue weighted by Crippen LogP contribution is 2.11. The van der Waals surface area contributed by atoms with Crippen LogP contribution in [0.1, 0.15) is 11.7 Å². The SMILES string of the molecule is COCc1nc(CCN(C2CNC2)S(C)(=O)=O)no1. The first-order valence-electron chi connectivity index (χ1n) is 5.98. The fourth-order valence-electron chi connectivity index (χ4n) is 1.88. The van der Waals surface area contributed by atoms with Gasteiger partial charge in [-0.05, 0) is 0 Å².